The molecule has 0 saturated heterocycles. The van der Waals surface area contributed by atoms with Crippen LogP contribution in [0.5, 0.6) is 11.5 Å². The molecule has 152 valence electrons. The lowest BCUT2D eigenvalue weighted by atomic mass is 10.1. The van der Waals surface area contributed by atoms with E-state index in [1.54, 1.807) is 14.2 Å². The Hall–Kier alpha value is -2.73. The maximum Gasteiger partial charge on any atom is 0.191 e. The molecule has 28 heavy (non-hydrogen) atoms. The summed E-state index contributed by atoms with van der Waals surface area (Å²) in [6.45, 7) is 6.61. The van der Waals surface area contributed by atoms with Crippen molar-refractivity contribution in [2.45, 2.75) is 33.1 Å². The van der Waals surface area contributed by atoms with Gasteiger partial charge in [0, 0.05) is 13.6 Å². The summed E-state index contributed by atoms with van der Waals surface area (Å²) in [5.41, 5.74) is 2.36. The number of ether oxygens (including phenoxy) is 3. The Balaban J connectivity index is 1.67. The van der Waals surface area contributed by atoms with E-state index in [-0.39, 0.29) is 6.10 Å². The molecule has 0 fully saturated rings. The number of guanidine groups is 1. The smallest absolute Gasteiger partial charge is 0.191 e. The van der Waals surface area contributed by atoms with E-state index in [0.717, 1.165) is 17.5 Å². The molecule has 0 bridgehead atoms. The van der Waals surface area contributed by atoms with E-state index >= 15 is 0 Å². The van der Waals surface area contributed by atoms with Gasteiger partial charge >= 0.3 is 0 Å². The normalized spacial score (nSPS) is 11.4. The molecule has 0 spiro atoms. The highest BCUT2D eigenvalue weighted by Gasteiger charge is 2.01. The minimum atomic E-state index is 0.240. The molecule has 0 heterocycles. The third kappa shape index (κ3) is 7.88. The van der Waals surface area contributed by atoms with Gasteiger partial charge in [-0.15, -0.1) is 0 Å². The van der Waals surface area contributed by atoms with Crippen molar-refractivity contribution in [2.75, 3.05) is 27.3 Å². The molecule has 0 aliphatic heterocycles. The van der Waals surface area contributed by atoms with E-state index < -0.39 is 0 Å². The SMILES string of the molecule is CN=C(NCCOc1ccc(OC)cc1)NCc1ccc(COC(C)C)cc1. The topological polar surface area (TPSA) is 64.1 Å². The number of hydrogen-bond acceptors (Lipinski definition) is 4. The van der Waals surface area contributed by atoms with Crippen molar-refractivity contribution < 1.29 is 14.2 Å². The van der Waals surface area contributed by atoms with Gasteiger partial charge in [-0.1, -0.05) is 24.3 Å². The number of aliphatic imine (C=N–C) groups is 1. The van der Waals surface area contributed by atoms with Gasteiger partial charge < -0.3 is 24.8 Å². The predicted octanol–water partition coefficient (Wildman–Crippen LogP) is 3.36. The Morgan fingerprint density at radius 1 is 0.929 bits per heavy atom. The first kappa shape index (κ1) is 21.6. The molecule has 0 saturated carbocycles. The fourth-order valence-corrected chi connectivity index (χ4v) is 2.43. The summed E-state index contributed by atoms with van der Waals surface area (Å²) in [7, 11) is 3.40. The van der Waals surface area contributed by atoms with Crippen molar-refractivity contribution in [1.82, 2.24) is 10.6 Å². The summed E-state index contributed by atoms with van der Waals surface area (Å²) in [6, 6.07) is 15.9. The molecule has 0 aliphatic rings. The van der Waals surface area contributed by atoms with Crippen LogP contribution in [0.2, 0.25) is 0 Å². The number of rotatable bonds is 10. The molecule has 0 amide bonds. The lowest BCUT2D eigenvalue weighted by Crippen LogP contribution is -2.38. The van der Waals surface area contributed by atoms with Crippen molar-refractivity contribution in [3.8, 4) is 11.5 Å². The monoisotopic (exact) mass is 385 g/mol. The van der Waals surface area contributed by atoms with E-state index in [1.807, 2.05) is 38.1 Å². The molecule has 2 aromatic carbocycles. The number of nitrogens with zero attached hydrogens (tertiary/aromatic N) is 1. The third-order valence-corrected chi connectivity index (χ3v) is 4.01. The van der Waals surface area contributed by atoms with Crippen LogP contribution in [0.25, 0.3) is 0 Å². The summed E-state index contributed by atoms with van der Waals surface area (Å²) >= 11 is 0. The largest absolute Gasteiger partial charge is 0.497 e. The molecule has 0 radical (unpaired) electrons. The second kappa shape index (κ2) is 11.9. The van der Waals surface area contributed by atoms with Gasteiger partial charge in [0.25, 0.3) is 0 Å². The van der Waals surface area contributed by atoms with Crippen molar-refractivity contribution in [3.63, 3.8) is 0 Å². The second-order valence-corrected chi connectivity index (χ2v) is 6.55. The Morgan fingerprint density at radius 3 is 2.18 bits per heavy atom. The van der Waals surface area contributed by atoms with Crippen LogP contribution >= 0.6 is 0 Å². The molecule has 0 aromatic heterocycles. The minimum absolute atomic E-state index is 0.240. The van der Waals surface area contributed by atoms with Gasteiger partial charge in [0.1, 0.15) is 18.1 Å². The van der Waals surface area contributed by atoms with E-state index in [2.05, 4.69) is 39.9 Å². The van der Waals surface area contributed by atoms with Gasteiger partial charge in [0.2, 0.25) is 0 Å². The lowest BCUT2D eigenvalue weighted by molar-refractivity contribution is 0.0657. The van der Waals surface area contributed by atoms with Crippen LogP contribution in [0.4, 0.5) is 0 Å². The Kier molecular flexibility index (Phi) is 9.15. The van der Waals surface area contributed by atoms with Crippen molar-refractivity contribution in [3.05, 3.63) is 59.7 Å². The second-order valence-electron chi connectivity index (χ2n) is 6.55. The predicted molar refractivity (Wildman–Crippen MR) is 113 cm³/mol. The molecule has 2 aromatic rings. The summed E-state index contributed by atoms with van der Waals surface area (Å²) in [5, 5.41) is 6.55. The highest BCUT2D eigenvalue weighted by molar-refractivity contribution is 5.79. The average Bonchev–Trinajstić information content (AvgIpc) is 2.73. The van der Waals surface area contributed by atoms with Crippen LogP contribution in [0.3, 0.4) is 0 Å². The van der Waals surface area contributed by atoms with Crippen LogP contribution < -0.4 is 20.1 Å². The average molecular weight is 386 g/mol. The summed E-state index contributed by atoms with van der Waals surface area (Å²) in [5.74, 6) is 2.37. The number of hydrogen-bond donors (Lipinski definition) is 2. The molecular weight excluding hydrogens is 354 g/mol. The van der Waals surface area contributed by atoms with Gasteiger partial charge in [-0.25, -0.2) is 0 Å². The first-order chi connectivity index (χ1) is 13.6. The van der Waals surface area contributed by atoms with Gasteiger partial charge in [-0.2, -0.15) is 0 Å². The van der Waals surface area contributed by atoms with Crippen LogP contribution in [0, 0.1) is 0 Å². The van der Waals surface area contributed by atoms with Gasteiger partial charge in [0.15, 0.2) is 5.96 Å². The third-order valence-electron chi connectivity index (χ3n) is 4.01. The molecule has 6 heteroatoms. The van der Waals surface area contributed by atoms with Gasteiger partial charge in [-0.3, -0.25) is 4.99 Å². The zero-order valence-corrected chi connectivity index (χ0v) is 17.2. The van der Waals surface area contributed by atoms with E-state index in [4.69, 9.17) is 14.2 Å². The zero-order chi connectivity index (χ0) is 20.2. The Labute approximate surface area is 167 Å². The van der Waals surface area contributed by atoms with E-state index in [9.17, 15) is 0 Å². The molecule has 2 N–H and O–H groups in total. The molecule has 0 unspecified atom stereocenters. The van der Waals surface area contributed by atoms with Crippen molar-refractivity contribution in [2.24, 2.45) is 4.99 Å². The first-order valence-electron chi connectivity index (χ1n) is 9.51. The lowest BCUT2D eigenvalue weighted by Gasteiger charge is -2.13. The fraction of sp³-hybridized carbons (Fsp3) is 0.409. The number of methoxy groups -OCH3 is 1. The molecule has 2 rings (SSSR count). The van der Waals surface area contributed by atoms with Crippen LogP contribution in [0.15, 0.2) is 53.5 Å². The maximum absolute atomic E-state index is 5.70. The maximum atomic E-state index is 5.70. The fourth-order valence-electron chi connectivity index (χ4n) is 2.43. The quantitative estimate of drug-likeness (QED) is 0.373. The van der Waals surface area contributed by atoms with Crippen molar-refractivity contribution in [1.29, 1.82) is 0 Å². The molecular formula is C22H31N3O3. The summed E-state index contributed by atoms with van der Waals surface area (Å²) in [6.07, 6.45) is 0.240. The van der Waals surface area contributed by atoms with Crippen LogP contribution in [-0.2, 0) is 17.9 Å². The summed E-state index contributed by atoms with van der Waals surface area (Å²) in [4.78, 5) is 4.24. The van der Waals surface area contributed by atoms with Crippen LogP contribution in [-0.4, -0.2) is 39.4 Å². The van der Waals surface area contributed by atoms with Crippen LogP contribution in [0.1, 0.15) is 25.0 Å². The molecule has 6 nitrogen and oxygen atoms in total. The molecule has 0 atom stereocenters. The van der Waals surface area contributed by atoms with E-state index in [0.29, 0.717) is 26.3 Å². The minimum Gasteiger partial charge on any atom is -0.497 e. The van der Waals surface area contributed by atoms with Gasteiger partial charge in [0.05, 0.1) is 26.4 Å². The highest BCUT2D eigenvalue weighted by Crippen LogP contribution is 2.16. The standard InChI is InChI=1S/C22H31N3O3/c1-17(2)28-16-19-7-5-18(6-8-19)15-25-22(23-3)24-13-14-27-21-11-9-20(26-4)10-12-21/h5-12,17H,13-16H2,1-4H3,(H2,23,24,25). The number of nitrogens with one attached hydrogen (secondary N) is 2. The Bertz CT molecular complexity index is 713. The van der Waals surface area contributed by atoms with Crippen molar-refractivity contribution >= 4 is 5.96 Å². The molecule has 0 aliphatic carbocycles. The Morgan fingerprint density at radius 2 is 1.57 bits per heavy atom. The van der Waals surface area contributed by atoms with Gasteiger partial charge in [-0.05, 0) is 49.2 Å². The highest BCUT2D eigenvalue weighted by atomic mass is 16.5. The first-order valence-corrected chi connectivity index (χ1v) is 9.51. The number of benzene rings is 2. The zero-order valence-electron chi connectivity index (χ0n) is 17.2. The summed E-state index contributed by atoms with van der Waals surface area (Å²) < 4.78 is 16.5. The van der Waals surface area contributed by atoms with E-state index in [1.165, 1.54) is 11.1 Å².